The fraction of sp³-hybridized carbons (Fsp3) is 0.875. The van der Waals surface area contributed by atoms with Crippen molar-refractivity contribution in [2.24, 2.45) is 5.92 Å². The highest BCUT2D eigenvalue weighted by atomic mass is 19.1. The van der Waals surface area contributed by atoms with Crippen molar-refractivity contribution in [2.45, 2.75) is 38.3 Å². The van der Waals surface area contributed by atoms with Crippen LogP contribution in [0.2, 0.25) is 0 Å². The molecule has 0 aromatic heterocycles. The number of halogens is 1. The zero-order chi connectivity index (χ0) is 8.48. The predicted molar refractivity (Wildman–Crippen MR) is 39.1 cm³/mol. The van der Waals surface area contributed by atoms with Crippen LogP contribution in [0.5, 0.6) is 0 Å². The summed E-state index contributed by atoms with van der Waals surface area (Å²) in [5.41, 5.74) is -2.00. The second-order valence-electron chi connectivity index (χ2n) is 3.36. The fourth-order valence-electron chi connectivity index (χ4n) is 1.64. The Bertz CT molecular complexity index is 159. The number of alkyl halides is 1. The summed E-state index contributed by atoms with van der Waals surface area (Å²) in [7, 11) is 0. The molecule has 0 aromatic carbocycles. The molecule has 64 valence electrons. The smallest absolute Gasteiger partial charge is 0.341 e. The summed E-state index contributed by atoms with van der Waals surface area (Å²) < 4.78 is 13.3. The molecule has 0 radical (unpaired) electrons. The lowest BCUT2D eigenvalue weighted by molar-refractivity contribution is -0.153. The van der Waals surface area contributed by atoms with E-state index in [4.69, 9.17) is 5.11 Å². The van der Waals surface area contributed by atoms with E-state index in [1.165, 1.54) is 6.92 Å². The summed E-state index contributed by atoms with van der Waals surface area (Å²) in [5, 5.41) is 8.53. The van der Waals surface area contributed by atoms with Crippen LogP contribution in [0.15, 0.2) is 0 Å². The minimum absolute atomic E-state index is 0.264. The Morgan fingerprint density at radius 1 is 1.55 bits per heavy atom. The van der Waals surface area contributed by atoms with E-state index in [0.29, 0.717) is 0 Å². The molecule has 1 aliphatic rings. The number of aliphatic carboxylic acids is 1. The molecule has 0 aliphatic heterocycles. The average Bonchev–Trinajstić information content (AvgIpc) is 2.37. The Kier molecular flexibility index (Phi) is 2.16. The van der Waals surface area contributed by atoms with Crippen LogP contribution in [-0.4, -0.2) is 16.7 Å². The normalized spacial score (nSPS) is 24.9. The second kappa shape index (κ2) is 2.80. The molecule has 0 aromatic rings. The molecule has 1 saturated carbocycles. The maximum atomic E-state index is 13.3. The van der Waals surface area contributed by atoms with Gasteiger partial charge in [-0.15, -0.1) is 0 Å². The van der Waals surface area contributed by atoms with E-state index in [9.17, 15) is 9.18 Å². The van der Waals surface area contributed by atoms with Crippen LogP contribution in [-0.2, 0) is 4.79 Å². The summed E-state index contributed by atoms with van der Waals surface area (Å²) in [6.45, 7) is 1.17. The number of carboxylic acids is 1. The molecule has 1 fully saturated rings. The van der Waals surface area contributed by atoms with Gasteiger partial charge in [0, 0.05) is 5.92 Å². The molecule has 0 bridgehead atoms. The molecular formula is C8H13FO2. The molecule has 0 saturated heterocycles. The van der Waals surface area contributed by atoms with Gasteiger partial charge in [-0.1, -0.05) is 12.8 Å². The lowest BCUT2D eigenvalue weighted by Crippen LogP contribution is -2.37. The van der Waals surface area contributed by atoms with E-state index < -0.39 is 11.6 Å². The first-order valence-corrected chi connectivity index (χ1v) is 3.97. The molecule has 1 atom stereocenters. The first kappa shape index (κ1) is 8.50. The summed E-state index contributed by atoms with van der Waals surface area (Å²) in [6, 6.07) is 0. The molecule has 1 rings (SSSR count). The largest absolute Gasteiger partial charge is 0.479 e. The first-order chi connectivity index (χ1) is 5.05. The van der Waals surface area contributed by atoms with Gasteiger partial charge in [-0.05, 0) is 19.8 Å². The third kappa shape index (κ3) is 1.52. The van der Waals surface area contributed by atoms with Gasteiger partial charge in [-0.25, -0.2) is 9.18 Å². The van der Waals surface area contributed by atoms with Crippen molar-refractivity contribution >= 4 is 5.97 Å². The maximum Gasteiger partial charge on any atom is 0.341 e. The Hall–Kier alpha value is -0.600. The lowest BCUT2D eigenvalue weighted by Gasteiger charge is -2.21. The van der Waals surface area contributed by atoms with E-state index in [1.54, 1.807) is 0 Å². The van der Waals surface area contributed by atoms with Gasteiger partial charge in [0.25, 0.3) is 0 Å². The maximum absolute atomic E-state index is 13.3. The van der Waals surface area contributed by atoms with Crippen LogP contribution in [0.25, 0.3) is 0 Å². The molecule has 1 aliphatic carbocycles. The van der Waals surface area contributed by atoms with Crippen molar-refractivity contribution in [3.8, 4) is 0 Å². The first-order valence-electron chi connectivity index (χ1n) is 3.97. The zero-order valence-electron chi connectivity index (χ0n) is 6.64. The molecule has 0 spiro atoms. The van der Waals surface area contributed by atoms with Gasteiger partial charge < -0.3 is 5.11 Å². The van der Waals surface area contributed by atoms with E-state index >= 15 is 0 Å². The van der Waals surface area contributed by atoms with Gasteiger partial charge in [0.1, 0.15) is 0 Å². The predicted octanol–water partition coefficient (Wildman–Crippen LogP) is 1.99. The summed E-state index contributed by atoms with van der Waals surface area (Å²) in [5.74, 6) is -1.58. The van der Waals surface area contributed by atoms with Gasteiger partial charge in [-0.2, -0.15) is 0 Å². The highest BCUT2D eigenvalue weighted by Gasteiger charge is 2.42. The van der Waals surface area contributed by atoms with Crippen molar-refractivity contribution in [3.63, 3.8) is 0 Å². The monoisotopic (exact) mass is 160 g/mol. The summed E-state index contributed by atoms with van der Waals surface area (Å²) in [4.78, 5) is 10.4. The van der Waals surface area contributed by atoms with Crippen LogP contribution in [0, 0.1) is 5.92 Å². The summed E-state index contributed by atoms with van der Waals surface area (Å²) in [6.07, 6.45) is 3.38. The molecular weight excluding hydrogens is 147 g/mol. The highest BCUT2D eigenvalue weighted by Crippen LogP contribution is 2.36. The van der Waals surface area contributed by atoms with E-state index in [2.05, 4.69) is 0 Å². The Morgan fingerprint density at radius 3 is 2.36 bits per heavy atom. The van der Waals surface area contributed by atoms with Crippen molar-refractivity contribution < 1.29 is 14.3 Å². The van der Waals surface area contributed by atoms with Crippen LogP contribution in [0.3, 0.4) is 0 Å². The van der Waals surface area contributed by atoms with Crippen molar-refractivity contribution in [3.05, 3.63) is 0 Å². The van der Waals surface area contributed by atoms with E-state index in [0.717, 1.165) is 25.7 Å². The number of hydrogen-bond donors (Lipinski definition) is 1. The van der Waals surface area contributed by atoms with Gasteiger partial charge in [0.05, 0.1) is 0 Å². The third-order valence-corrected chi connectivity index (χ3v) is 2.54. The molecule has 1 unspecified atom stereocenters. The van der Waals surface area contributed by atoms with Crippen molar-refractivity contribution in [1.29, 1.82) is 0 Å². The molecule has 0 heterocycles. The van der Waals surface area contributed by atoms with E-state index in [-0.39, 0.29) is 5.92 Å². The molecule has 2 nitrogen and oxygen atoms in total. The Labute approximate surface area is 65.4 Å². The number of carboxylic acid groups (broad SMARTS) is 1. The zero-order valence-corrected chi connectivity index (χ0v) is 6.64. The number of rotatable bonds is 2. The molecule has 1 N–H and O–H groups in total. The molecule has 0 amide bonds. The lowest BCUT2D eigenvalue weighted by atomic mass is 9.90. The van der Waals surface area contributed by atoms with Gasteiger partial charge >= 0.3 is 5.97 Å². The quantitative estimate of drug-likeness (QED) is 0.670. The molecule has 3 heteroatoms. The van der Waals surface area contributed by atoms with Crippen LogP contribution < -0.4 is 0 Å². The second-order valence-corrected chi connectivity index (χ2v) is 3.36. The standard InChI is InChI=1S/C8H13FO2/c1-8(9,7(10)11)6-4-2-3-5-6/h6H,2-5H2,1H3,(H,10,11). The number of hydrogen-bond acceptors (Lipinski definition) is 1. The van der Waals surface area contributed by atoms with E-state index in [1.807, 2.05) is 0 Å². The van der Waals surface area contributed by atoms with Gasteiger partial charge in [0.15, 0.2) is 0 Å². The van der Waals surface area contributed by atoms with Crippen molar-refractivity contribution in [1.82, 2.24) is 0 Å². The van der Waals surface area contributed by atoms with Crippen LogP contribution in [0.1, 0.15) is 32.6 Å². The van der Waals surface area contributed by atoms with Gasteiger partial charge in [-0.3, -0.25) is 0 Å². The third-order valence-electron chi connectivity index (χ3n) is 2.54. The number of carbonyl (C=O) groups is 1. The SMILES string of the molecule is CC(F)(C(=O)O)C1CCCC1. The minimum atomic E-state index is -2.00. The fourth-order valence-corrected chi connectivity index (χ4v) is 1.64. The van der Waals surface area contributed by atoms with Crippen LogP contribution >= 0.6 is 0 Å². The Morgan fingerprint density at radius 2 is 2.00 bits per heavy atom. The van der Waals surface area contributed by atoms with Crippen molar-refractivity contribution in [2.75, 3.05) is 0 Å². The topological polar surface area (TPSA) is 37.3 Å². The molecule has 11 heavy (non-hydrogen) atoms. The van der Waals surface area contributed by atoms with Gasteiger partial charge in [0.2, 0.25) is 5.67 Å². The minimum Gasteiger partial charge on any atom is -0.479 e. The van der Waals surface area contributed by atoms with Crippen LogP contribution in [0.4, 0.5) is 4.39 Å². The average molecular weight is 160 g/mol. The summed E-state index contributed by atoms with van der Waals surface area (Å²) >= 11 is 0. The Balaban J connectivity index is 2.62. The highest BCUT2D eigenvalue weighted by molar-refractivity contribution is 5.77.